The van der Waals surface area contributed by atoms with Gasteiger partial charge in [-0.3, -0.25) is 9.59 Å². The Hall–Kier alpha value is -3.87. The van der Waals surface area contributed by atoms with E-state index in [1.165, 1.54) is 6.42 Å². The number of hydrogen-bond acceptors (Lipinski definition) is 4. The number of unbranched alkanes of at least 4 members (excludes halogenated alkanes) is 5. The number of amides is 3. The molecular weight excluding hydrogens is 538 g/mol. The van der Waals surface area contributed by atoms with E-state index in [1.54, 1.807) is 32.6 Å². The van der Waals surface area contributed by atoms with Crippen LogP contribution in [0, 0.1) is 13.8 Å². The fraction of sp³-hybridized carbons (Fsp3) is 0.472. The van der Waals surface area contributed by atoms with Crippen molar-refractivity contribution >= 4 is 34.4 Å². The van der Waals surface area contributed by atoms with Crippen LogP contribution in [0.25, 0.3) is 10.8 Å². The summed E-state index contributed by atoms with van der Waals surface area (Å²) in [5.74, 6) is -0.635. The maximum atomic E-state index is 14.2. The molecular formula is C36H49N3O4. The van der Waals surface area contributed by atoms with Gasteiger partial charge < -0.3 is 20.3 Å². The summed E-state index contributed by atoms with van der Waals surface area (Å²) < 4.78 is 5.41. The molecule has 0 aromatic heterocycles. The van der Waals surface area contributed by atoms with E-state index in [0.717, 1.165) is 59.6 Å². The maximum Gasteiger partial charge on any atom is 0.408 e. The third-order valence-corrected chi connectivity index (χ3v) is 7.44. The van der Waals surface area contributed by atoms with Gasteiger partial charge in [0, 0.05) is 12.2 Å². The molecule has 3 rings (SSSR count). The summed E-state index contributed by atoms with van der Waals surface area (Å²) in [6.07, 6.45) is 5.57. The van der Waals surface area contributed by atoms with Crippen LogP contribution < -0.4 is 10.6 Å². The number of hydrogen-bond donors (Lipinski definition) is 2. The van der Waals surface area contributed by atoms with Gasteiger partial charge in [-0.2, -0.15) is 0 Å². The molecule has 2 atom stereocenters. The van der Waals surface area contributed by atoms with Crippen molar-refractivity contribution in [3.8, 4) is 0 Å². The van der Waals surface area contributed by atoms with Crippen LogP contribution in [0.5, 0.6) is 0 Å². The van der Waals surface area contributed by atoms with E-state index < -0.39 is 23.8 Å². The van der Waals surface area contributed by atoms with Crippen molar-refractivity contribution in [3.63, 3.8) is 0 Å². The molecule has 3 aromatic rings. The van der Waals surface area contributed by atoms with Crippen LogP contribution in [0.15, 0.2) is 60.7 Å². The van der Waals surface area contributed by atoms with Gasteiger partial charge in [-0.25, -0.2) is 4.79 Å². The lowest BCUT2D eigenvalue weighted by Gasteiger charge is -2.34. The molecule has 43 heavy (non-hydrogen) atoms. The Bertz CT molecular complexity index is 1390. The number of rotatable bonds is 13. The lowest BCUT2D eigenvalue weighted by molar-refractivity contribution is -0.140. The first kappa shape index (κ1) is 33.6. The molecule has 232 valence electrons. The standard InChI is InChI=1S/C36H49N3O4/c1-8-9-10-11-12-15-22-39(34(41)27(4)37-35(42)43-36(5,6)7)32(31-21-18-25(2)23-26(31)3)33(40)38-30-20-19-28-16-13-14-17-29(28)24-30/h13-14,16-21,23-24,27,32H,8-12,15,22H2,1-7H3,(H,37,42)(H,38,40). The topological polar surface area (TPSA) is 87.7 Å². The third kappa shape index (κ3) is 10.1. The number of nitrogens with one attached hydrogen (secondary N) is 2. The summed E-state index contributed by atoms with van der Waals surface area (Å²) in [7, 11) is 0. The van der Waals surface area contributed by atoms with E-state index >= 15 is 0 Å². The Kier molecular flexibility index (Phi) is 12.2. The minimum atomic E-state index is -0.892. The SMILES string of the molecule is CCCCCCCCN(C(=O)C(C)NC(=O)OC(C)(C)C)C(C(=O)Nc1ccc2ccccc2c1)c1ccc(C)cc1C. The molecule has 0 spiro atoms. The van der Waals surface area contributed by atoms with Crippen molar-refractivity contribution in [1.82, 2.24) is 10.2 Å². The fourth-order valence-electron chi connectivity index (χ4n) is 5.28. The van der Waals surface area contributed by atoms with Crippen LogP contribution in [-0.2, 0) is 14.3 Å². The number of benzene rings is 3. The first-order valence-electron chi connectivity index (χ1n) is 15.6. The van der Waals surface area contributed by atoms with Gasteiger partial charge in [0.2, 0.25) is 5.91 Å². The number of nitrogens with zero attached hydrogens (tertiary/aromatic N) is 1. The minimum absolute atomic E-state index is 0.300. The van der Waals surface area contributed by atoms with Crippen LogP contribution >= 0.6 is 0 Å². The van der Waals surface area contributed by atoms with Crippen molar-refractivity contribution in [3.05, 3.63) is 77.4 Å². The highest BCUT2D eigenvalue weighted by molar-refractivity contribution is 6.00. The Morgan fingerprint density at radius 1 is 0.860 bits per heavy atom. The first-order chi connectivity index (χ1) is 20.4. The van der Waals surface area contributed by atoms with E-state index in [-0.39, 0.29) is 11.8 Å². The Morgan fingerprint density at radius 3 is 2.21 bits per heavy atom. The molecule has 0 fully saturated rings. The van der Waals surface area contributed by atoms with Crippen molar-refractivity contribution in [2.75, 3.05) is 11.9 Å². The zero-order valence-electron chi connectivity index (χ0n) is 27.0. The fourth-order valence-corrected chi connectivity index (χ4v) is 5.28. The van der Waals surface area contributed by atoms with Gasteiger partial charge >= 0.3 is 6.09 Å². The van der Waals surface area contributed by atoms with Crippen LogP contribution in [0.1, 0.15) is 95.9 Å². The summed E-state index contributed by atoms with van der Waals surface area (Å²) in [5, 5.41) is 7.87. The van der Waals surface area contributed by atoms with Gasteiger partial charge in [-0.1, -0.05) is 93.1 Å². The molecule has 0 aliphatic rings. The number of alkyl carbamates (subject to hydrolysis) is 1. The number of anilines is 1. The molecule has 7 heteroatoms. The largest absolute Gasteiger partial charge is 0.444 e. The molecule has 3 aromatic carbocycles. The highest BCUT2D eigenvalue weighted by Crippen LogP contribution is 2.29. The van der Waals surface area contributed by atoms with Gasteiger partial charge in [0.1, 0.15) is 17.7 Å². The van der Waals surface area contributed by atoms with Crippen LogP contribution in [0.3, 0.4) is 0 Å². The number of carbonyl (C=O) groups is 3. The van der Waals surface area contributed by atoms with E-state index in [1.807, 2.05) is 74.5 Å². The van der Waals surface area contributed by atoms with Crippen LogP contribution in [0.2, 0.25) is 0 Å². The molecule has 0 aliphatic heterocycles. The average Bonchev–Trinajstić information content (AvgIpc) is 2.93. The van der Waals surface area contributed by atoms with Gasteiger partial charge in [0.25, 0.3) is 5.91 Å². The minimum Gasteiger partial charge on any atom is -0.444 e. The predicted octanol–water partition coefficient (Wildman–Crippen LogP) is 8.24. The molecule has 0 bridgehead atoms. The van der Waals surface area contributed by atoms with Crippen molar-refractivity contribution in [2.45, 2.75) is 105 Å². The normalized spacial score (nSPS) is 12.8. The summed E-state index contributed by atoms with van der Waals surface area (Å²) in [5.41, 5.74) is 2.71. The highest BCUT2D eigenvalue weighted by atomic mass is 16.6. The quantitative estimate of drug-likeness (QED) is 0.197. The Balaban J connectivity index is 1.97. The Labute approximate surface area is 257 Å². The van der Waals surface area contributed by atoms with E-state index in [2.05, 4.69) is 17.6 Å². The second-order valence-corrected chi connectivity index (χ2v) is 12.5. The summed E-state index contributed by atoms with van der Waals surface area (Å²) in [4.78, 5) is 42.6. The van der Waals surface area contributed by atoms with Crippen LogP contribution in [0.4, 0.5) is 10.5 Å². The molecule has 0 heterocycles. The summed E-state index contributed by atoms with van der Waals surface area (Å²) >= 11 is 0. The lowest BCUT2D eigenvalue weighted by Crippen LogP contribution is -2.51. The number of ether oxygens (including phenoxy) is 1. The lowest BCUT2D eigenvalue weighted by atomic mass is 9.96. The van der Waals surface area contributed by atoms with E-state index in [4.69, 9.17) is 4.74 Å². The average molecular weight is 588 g/mol. The monoisotopic (exact) mass is 587 g/mol. The molecule has 0 radical (unpaired) electrons. The maximum absolute atomic E-state index is 14.2. The van der Waals surface area contributed by atoms with Crippen molar-refractivity contribution < 1.29 is 19.1 Å². The molecule has 2 unspecified atom stereocenters. The molecule has 0 saturated heterocycles. The third-order valence-electron chi connectivity index (χ3n) is 7.44. The zero-order valence-corrected chi connectivity index (χ0v) is 27.0. The van der Waals surface area contributed by atoms with Crippen LogP contribution in [-0.4, -0.2) is 41.0 Å². The highest BCUT2D eigenvalue weighted by Gasteiger charge is 2.35. The van der Waals surface area contributed by atoms with Crippen molar-refractivity contribution in [1.29, 1.82) is 0 Å². The molecule has 0 aliphatic carbocycles. The molecule has 0 saturated carbocycles. The summed E-state index contributed by atoms with van der Waals surface area (Å²) in [6.45, 7) is 13.5. The van der Waals surface area contributed by atoms with Gasteiger partial charge in [-0.15, -0.1) is 0 Å². The van der Waals surface area contributed by atoms with Gasteiger partial charge in [0.15, 0.2) is 0 Å². The van der Waals surface area contributed by atoms with Crippen molar-refractivity contribution in [2.24, 2.45) is 0 Å². The number of carbonyl (C=O) groups excluding carboxylic acids is 3. The smallest absolute Gasteiger partial charge is 0.408 e. The van der Waals surface area contributed by atoms with E-state index in [9.17, 15) is 14.4 Å². The molecule has 2 N–H and O–H groups in total. The molecule has 7 nitrogen and oxygen atoms in total. The van der Waals surface area contributed by atoms with Gasteiger partial charge in [0.05, 0.1) is 0 Å². The van der Waals surface area contributed by atoms with Gasteiger partial charge in [-0.05, 0) is 82.0 Å². The first-order valence-corrected chi connectivity index (χ1v) is 15.6. The zero-order chi connectivity index (χ0) is 31.6. The second kappa shape index (κ2) is 15.6. The van der Waals surface area contributed by atoms with E-state index in [0.29, 0.717) is 12.2 Å². The molecule has 3 amide bonds. The Morgan fingerprint density at radius 2 is 1.53 bits per heavy atom. The predicted molar refractivity (Wildman–Crippen MR) is 175 cm³/mol. The number of fused-ring (bicyclic) bond motifs is 1. The second-order valence-electron chi connectivity index (χ2n) is 12.5. The number of aryl methyl sites for hydroxylation is 2. The summed E-state index contributed by atoms with van der Waals surface area (Å²) in [6, 6.07) is 17.9.